The van der Waals surface area contributed by atoms with E-state index in [0.717, 1.165) is 22.5 Å². The predicted molar refractivity (Wildman–Crippen MR) is 77.2 cm³/mol. The average molecular weight is 278 g/mol. The van der Waals surface area contributed by atoms with E-state index in [1.807, 2.05) is 13.8 Å². The zero-order valence-corrected chi connectivity index (χ0v) is 12.3. The van der Waals surface area contributed by atoms with Crippen molar-refractivity contribution in [1.29, 1.82) is 0 Å². The number of aromatic nitrogens is 1. The SMILES string of the molecule is CNC(=O)C1COCCN1Cc1ncc(C)c(N)c1C. The molecule has 1 aliphatic rings. The number of carbonyl (C=O) groups excluding carboxylic acids is 1. The quantitative estimate of drug-likeness (QED) is 0.827. The Kier molecular flexibility index (Phi) is 4.57. The Morgan fingerprint density at radius 2 is 2.35 bits per heavy atom. The third kappa shape index (κ3) is 2.91. The first-order chi connectivity index (χ1) is 9.54. The molecule has 0 aliphatic carbocycles. The lowest BCUT2D eigenvalue weighted by Gasteiger charge is -2.34. The highest BCUT2D eigenvalue weighted by Crippen LogP contribution is 2.20. The second-order valence-corrected chi connectivity index (χ2v) is 5.10. The normalized spacial score (nSPS) is 19.9. The van der Waals surface area contributed by atoms with Crippen molar-refractivity contribution in [3.63, 3.8) is 0 Å². The van der Waals surface area contributed by atoms with Crippen LogP contribution in [0.1, 0.15) is 16.8 Å². The molecule has 2 heterocycles. The van der Waals surface area contributed by atoms with Crippen LogP contribution in [0.25, 0.3) is 0 Å². The molecule has 0 spiro atoms. The molecule has 0 bridgehead atoms. The van der Waals surface area contributed by atoms with E-state index in [1.165, 1.54) is 0 Å². The number of pyridine rings is 1. The lowest BCUT2D eigenvalue weighted by atomic mass is 10.1. The highest BCUT2D eigenvalue weighted by molar-refractivity contribution is 5.81. The number of nitrogens with two attached hydrogens (primary N) is 1. The van der Waals surface area contributed by atoms with Gasteiger partial charge in [-0.15, -0.1) is 0 Å². The van der Waals surface area contributed by atoms with Gasteiger partial charge in [0, 0.05) is 32.0 Å². The number of ether oxygens (including phenoxy) is 1. The van der Waals surface area contributed by atoms with E-state index < -0.39 is 0 Å². The first-order valence-corrected chi connectivity index (χ1v) is 6.78. The number of carbonyl (C=O) groups is 1. The fourth-order valence-corrected chi connectivity index (χ4v) is 2.38. The second kappa shape index (κ2) is 6.19. The molecule has 1 amide bonds. The minimum absolute atomic E-state index is 0.0255. The van der Waals surface area contributed by atoms with E-state index in [9.17, 15) is 4.79 Å². The van der Waals surface area contributed by atoms with E-state index >= 15 is 0 Å². The summed E-state index contributed by atoms with van der Waals surface area (Å²) in [7, 11) is 1.64. The van der Waals surface area contributed by atoms with Crippen molar-refractivity contribution in [2.45, 2.75) is 26.4 Å². The number of aryl methyl sites for hydroxylation is 1. The van der Waals surface area contributed by atoms with Gasteiger partial charge in [0.1, 0.15) is 6.04 Å². The van der Waals surface area contributed by atoms with Gasteiger partial charge in [0.2, 0.25) is 5.91 Å². The molecular weight excluding hydrogens is 256 g/mol. The number of hydrogen-bond donors (Lipinski definition) is 2. The van der Waals surface area contributed by atoms with E-state index in [2.05, 4.69) is 15.2 Å². The summed E-state index contributed by atoms with van der Waals surface area (Å²) in [5.41, 5.74) is 9.72. The lowest BCUT2D eigenvalue weighted by Crippen LogP contribution is -2.52. The smallest absolute Gasteiger partial charge is 0.239 e. The zero-order valence-electron chi connectivity index (χ0n) is 12.3. The van der Waals surface area contributed by atoms with Crippen LogP contribution in [-0.2, 0) is 16.1 Å². The molecule has 2 rings (SSSR count). The van der Waals surface area contributed by atoms with Crippen LogP contribution in [0.15, 0.2) is 6.20 Å². The molecule has 1 fully saturated rings. The Hall–Kier alpha value is -1.66. The van der Waals surface area contributed by atoms with Crippen LogP contribution in [0.4, 0.5) is 5.69 Å². The average Bonchev–Trinajstić information content (AvgIpc) is 2.47. The molecule has 0 radical (unpaired) electrons. The molecule has 1 aliphatic heterocycles. The summed E-state index contributed by atoms with van der Waals surface area (Å²) in [6.45, 7) is 6.29. The Labute approximate surface area is 119 Å². The van der Waals surface area contributed by atoms with Gasteiger partial charge < -0.3 is 15.8 Å². The summed E-state index contributed by atoms with van der Waals surface area (Å²) < 4.78 is 5.40. The molecule has 6 nitrogen and oxygen atoms in total. The minimum Gasteiger partial charge on any atom is -0.398 e. The fourth-order valence-electron chi connectivity index (χ4n) is 2.38. The summed E-state index contributed by atoms with van der Waals surface area (Å²) in [6.07, 6.45) is 1.78. The van der Waals surface area contributed by atoms with Crippen LogP contribution in [-0.4, -0.2) is 48.6 Å². The minimum atomic E-state index is -0.266. The number of nitrogen functional groups attached to an aromatic ring is 1. The number of rotatable bonds is 3. The maximum absolute atomic E-state index is 11.9. The molecule has 20 heavy (non-hydrogen) atoms. The molecule has 6 heteroatoms. The van der Waals surface area contributed by atoms with Crippen LogP contribution in [0, 0.1) is 13.8 Å². The van der Waals surface area contributed by atoms with Crippen LogP contribution in [0.5, 0.6) is 0 Å². The highest BCUT2D eigenvalue weighted by Gasteiger charge is 2.29. The van der Waals surface area contributed by atoms with Gasteiger partial charge in [-0.25, -0.2) is 0 Å². The number of amides is 1. The van der Waals surface area contributed by atoms with E-state index in [0.29, 0.717) is 26.3 Å². The summed E-state index contributed by atoms with van der Waals surface area (Å²) in [4.78, 5) is 18.4. The summed E-state index contributed by atoms with van der Waals surface area (Å²) in [5.74, 6) is -0.0255. The van der Waals surface area contributed by atoms with Gasteiger partial charge in [-0.2, -0.15) is 0 Å². The van der Waals surface area contributed by atoms with Gasteiger partial charge in [-0.1, -0.05) is 0 Å². The number of likely N-dealkylation sites (N-methyl/N-ethyl adjacent to an activating group) is 1. The Balaban J connectivity index is 2.19. The standard InChI is InChI=1S/C14H22N4O2/c1-9-6-17-11(10(2)13(9)15)7-18-4-5-20-8-12(18)14(19)16-3/h6,12H,4-5,7-8H2,1-3H3,(H2,15,17)(H,16,19). The van der Waals surface area contributed by atoms with Gasteiger partial charge in [0.15, 0.2) is 0 Å². The van der Waals surface area contributed by atoms with Gasteiger partial charge in [-0.3, -0.25) is 14.7 Å². The largest absolute Gasteiger partial charge is 0.398 e. The number of anilines is 1. The van der Waals surface area contributed by atoms with Crippen molar-refractivity contribution in [2.75, 3.05) is 32.5 Å². The molecule has 1 aromatic rings. The molecular formula is C14H22N4O2. The monoisotopic (exact) mass is 278 g/mol. The zero-order chi connectivity index (χ0) is 14.7. The van der Waals surface area contributed by atoms with Gasteiger partial charge in [-0.05, 0) is 25.0 Å². The maximum Gasteiger partial charge on any atom is 0.239 e. The van der Waals surface area contributed by atoms with E-state index in [-0.39, 0.29) is 11.9 Å². The van der Waals surface area contributed by atoms with Crippen LogP contribution < -0.4 is 11.1 Å². The Bertz CT molecular complexity index is 504. The van der Waals surface area contributed by atoms with E-state index in [4.69, 9.17) is 10.5 Å². The molecule has 0 aromatic carbocycles. The third-order valence-electron chi connectivity index (χ3n) is 3.82. The highest BCUT2D eigenvalue weighted by atomic mass is 16.5. The second-order valence-electron chi connectivity index (χ2n) is 5.10. The van der Waals surface area contributed by atoms with Crippen molar-refractivity contribution < 1.29 is 9.53 Å². The Morgan fingerprint density at radius 1 is 1.60 bits per heavy atom. The van der Waals surface area contributed by atoms with Crippen LogP contribution in [0.2, 0.25) is 0 Å². The van der Waals surface area contributed by atoms with Gasteiger partial charge in [0.05, 0.1) is 18.9 Å². The van der Waals surface area contributed by atoms with Crippen molar-refractivity contribution in [3.05, 3.63) is 23.0 Å². The number of hydrogen-bond acceptors (Lipinski definition) is 5. The van der Waals surface area contributed by atoms with Crippen LogP contribution >= 0.6 is 0 Å². The number of nitrogens with zero attached hydrogens (tertiary/aromatic N) is 2. The predicted octanol–water partition coefficient (Wildman–Crippen LogP) is 0.227. The third-order valence-corrected chi connectivity index (χ3v) is 3.82. The molecule has 1 aromatic heterocycles. The Morgan fingerprint density at radius 3 is 3.05 bits per heavy atom. The topological polar surface area (TPSA) is 80.5 Å². The molecule has 3 N–H and O–H groups in total. The first kappa shape index (κ1) is 14.7. The van der Waals surface area contributed by atoms with Gasteiger partial charge >= 0.3 is 0 Å². The van der Waals surface area contributed by atoms with Crippen molar-refractivity contribution in [2.24, 2.45) is 0 Å². The molecule has 1 saturated heterocycles. The molecule has 1 atom stereocenters. The number of nitrogens with one attached hydrogen (secondary N) is 1. The fraction of sp³-hybridized carbons (Fsp3) is 0.571. The summed E-state index contributed by atoms with van der Waals surface area (Å²) in [6, 6.07) is -0.266. The van der Waals surface area contributed by atoms with E-state index in [1.54, 1.807) is 13.2 Å². The number of morpholine rings is 1. The molecule has 1 unspecified atom stereocenters. The van der Waals surface area contributed by atoms with Gasteiger partial charge in [0.25, 0.3) is 0 Å². The van der Waals surface area contributed by atoms with Crippen molar-refractivity contribution >= 4 is 11.6 Å². The van der Waals surface area contributed by atoms with Crippen LogP contribution in [0.3, 0.4) is 0 Å². The summed E-state index contributed by atoms with van der Waals surface area (Å²) >= 11 is 0. The molecule has 0 saturated carbocycles. The maximum atomic E-state index is 11.9. The van der Waals surface area contributed by atoms with Crippen molar-refractivity contribution in [3.8, 4) is 0 Å². The first-order valence-electron chi connectivity index (χ1n) is 6.78. The van der Waals surface area contributed by atoms with Crippen molar-refractivity contribution in [1.82, 2.24) is 15.2 Å². The molecule has 110 valence electrons. The lowest BCUT2D eigenvalue weighted by molar-refractivity contribution is -0.132. The summed E-state index contributed by atoms with van der Waals surface area (Å²) in [5, 5.41) is 2.68.